The molecular weight excluding hydrogens is 507 g/mol. The summed E-state index contributed by atoms with van der Waals surface area (Å²) in [5.41, 5.74) is 6.32. The van der Waals surface area contributed by atoms with Crippen LogP contribution >= 0.6 is 0 Å². The molecule has 2 heteroatoms. The molecule has 0 fully saturated rings. The number of benzene rings is 3. The summed E-state index contributed by atoms with van der Waals surface area (Å²) in [7, 11) is -1.79. The first kappa shape index (κ1) is 23.3. The number of allylic oxidation sites excluding steroid dienone is 4. The van der Waals surface area contributed by atoms with E-state index in [2.05, 4.69) is 138 Å². The van der Waals surface area contributed by atoms with Gasteiger partial charge in [0.15, 0.2) is 0 Å². The van der Waals surface area contributed by atoms with Crippen LogP contribution in [0, 0.1) is 0 Å². The van der Waals surface area contributed by atoms with E-state index in [-0.39, 0.29) is 3.05 Å². The molecule has 0 radical (unpaired) electrons. The predicted octanol–water partition coefficient (Wildman–Crippen LogP) is 6.46. The second kappa shape index (κ2) is 8.50. The van der Waals surface area contributed by atoms with Crippen molar-refractivity contribution < 1.29 is 0 Å². The summed E-state index contributed by atoms with van der Waals surface area (Å²) in [5, 5.41) is 0. The summed E-state index contributed by atoms with van der Waals surface area (Å²) in [6.45, 7) is 17.5. The van der Waals surface area contributed by atoms with E-state index < -0.39 is 26.5 Å². The Morgan fingerprint density at radius 3 is 1.03 bits per heavy atom. The van der Waals surface area contributed by atoms with Crippen LogP contribution in [0.15, 0.2) is 113 Å². The first-order valence-corrected chi connectivity index (χ1v) is 20.9. The van der Waals surface area contributed by atoms with Crippen molar-refractivity contribution in [2.45, 2.75) is 50.4 Å². The maximum absolute atomic E-state index is 3.68. The number of rotatable bonds is 5. The Kier molecular flexibility index (Phi) is 6.19. The van der Waals surface area contributed by atoms with E-state index in [4.69, 9.17) is 0 Å². The van der Waals surface area contributed by atoms with Crippen LogP contribution in [0.4, 0.5) is 0 Å². The van der Waals surface area contributed by atoms with E-state index in [9.17, 15) is 0 Å². The number of hydrogen-bond donors (Lipinski definition) is 0. The van der Waals surface area contributed by atoms with E-state index in [0.717, 1.165) is 0 Å². The second-order valence-electron chi connectivity index (χ2n) is 10.3. The molecule has 4 rings (SSSR count). The van der Waals surface area contributed by atoms with Crippen LogP contribution in [0.1, 0.15) is 27.7 Å². The van der Waals surface area contributed by atoms with E-state index in [0.29, 0.717) is 0 Å². The average Bonchev–Trinajstić information content (AvgIpc) is 2.98. The van der Waals surface area contributed by atoms with Crippen LogP contribution < -0.4 is 10.7 Å². The Balaban J connectivity index is 2.33. The molecule has 0 spiro atoms. The van der Waals surface area contributed by atoms with Gasteiger partial charge >= 0.3 is 201 Å². The van der Waals surface area contributed by atoms with Crippen molar-refractivity contribution >= 4 is 37.2 Å². The van der Waals surface area contributed by atoms with Crippen molar-refractivity contribution in [1.82, 2.24) is 0 Å². The minimum atomic E-state index is -3.68. The van der Waals surface area contributed by atoms with Gasteiger partial charge in [-0.05, 0) is 0 Å². The summed E-state index contributed by atoms with van der Waals surface area (Å²) >= 11 is -3.68. The van der Waals surface area contributed by atoms with Crippen LogP contribution in [0.2, 0.25) is 22.7 Å². The van der Waals surface area contributed by atoms with E-state index >= 15 is 0 Å². The zero-order valence-corrected chi connectivity index (χ0v) is 24.5. The molecule has 0 aliphatic heterocycles. The van der Waals surface area contributed by atoms with Gasteiger partial charge in [-0.3, -0.25) is 0 Å². The first-order valence-electron chi connectivity index (χ1n) is 11.7. The first-order chi connectivity index (χ1) is 15.2. The predicted molar refractivity (Wildman–Crippen MR) is 147 cm³/mol. The zero-order chi connectivity index (χ0) is 23.1. The van der Waals surface area contributed by atoms with E-state index in [1.165, 1.54) is 11.1 Å². The molecule has 0 unspecified atom stereocenters. The van der Waals surface area contributed by atoms with Gasteiger partial charge in [0.1, 0.15) is 0 Å². The standard InChI is InChI=1S/C12H21Si.3C6H5.Sn/c1-8-9(2)11(4)12(10(8)3)13(5,6)7;3*1-2-4-6-5-3-1;/h1-7H3;3*1-5H;. The van der Waals surface area contributed by atoms with Crippen molar-refractivity contribution in [2.24, 2.45) is 0 Å². The molecule has 0 amide bonds. The van der Waals surface area contributed by atoms with Crippen LogP contribution in [0.5, 0.6) is 0 Å². The summed E-state index contributed by atoms with van der Waals surface area (Å²) in [5.74, 6) is 0. The Morgan fingerprint density at radius 1 is 0.500 bits per heavy atom. The summed E-state index contributed by atoms with van der Waals surface area (Å²) in [6.07, 6.45) is 0. The van der Waals surface area contributed by atoms with Crippen molar-refractivity contribution in [3.05, 3.63) is 113 Å². The third-order valence-electron chi connectivity index (χ3n) is 8.12. The third kappa shape index (κ3) is 3.08. The monoisotopic (exact) mass is 544 g/mol. The van der Waals surface area contributed by atoms with Gasteiger partial charge in [0.05, 0.1) is 0 Å². The maximum atomic E-state index is 2.62. The van der Waals surface area contributed by atoms with Gasteiger partial charge in [0.25, 0.3) is 0 Å². The average molecular weight is 543 g/mol. The fourth-order valence-electron chi connectivity index (χ4n) is 6.87. The van der Waals surface area contributed by atoms with Crippen molar-refractivity contribution in [1.29, 1.82) is 0 Å². The molecule has 164 valence electrons. The Hall–Kier alpha value is -1.84. The molecule has 0 aromatic heterocycles. The quantitative estimate of drug-likeness (QED) is 0.324. The molecule has 1 aliphatic rings. The molecule has 32 heavy (non-hydrogen) atoms. The van der Waals surface area contributed by atoms with Gasteiger partial charge in [0.2, 0.25) is 0 Å². The summed E-state index contributed by atoms with van der Waals surface area (Å²) in [4.78, 5) is 0. The molecule has 0 heterocycles. The van der Waals surface area contributed by atoms with Gasteiger partial charge in [-0.2, -0.15) is 0 Å². The molecule has 0 saturated heterocycles. The Morgan fingerprint density at radius 2 is 0.781 bits per heavy atom. The van der Waals surface area contributed by atoms with Gasteiger partial charge in [-0.15, -0.1) is 0 Å². The Bertz CT molecular complexity index is 1050. The molecule has 3 aromatic rings. The number of hydrogen-bond acceptors (Lipinski definition) is 0. The fraction of sp³-hybridized carbons (Fsp3) is 0.267. The summed E-state index contributed by atoms with van der Waals surface area (Å²) < 4.78 is 4.88. The van der Waals surface area contributed by atoms with Crippen LogP contribution in [0.3, 0.4) is 0 Å². The molecule has 0 N–H and O–H groups in total. The van der Waals surface area contributed by atoms with E-state index in [1.54, 1.807) is 21.9 Å². The van der Waals surface area contributed by atoms with Gasteiger partial charge in [-0.1, -0.05) is 0 Å². The van der Waals surface area contributed by atoms with Gasteiger partial charge in [0, 0.05) is 0 Å². The molecule has 0 nitrogen and oxygen atoms in total. The fourth-order valence-corrected chi connectivity index (χ4v) is 39.9. The van der Waals surface area contributed by atoms with Gasteiger partial charge in [-0.25, -0.2) is 0 Å². The molecule has 0 bridgehead atoms. The normalized spacial score (nSPS) is 16.6. The molecule has 0 saturated carbocycles. The van der Waals surface area contributed by atoms with Gasteiger partial charge < -0.3 is 0 Å². The van der Waals surface area contributed by atoms with Crippen LogP contribution in [-0.2, 0) is 0 Å². The minimum absolute atomic E-state index is 0.125. The topological polar surface area (TPSA) is 0 Å². The molecule has 1 aliphatic carbocycles. The molecule has 0 atom stereocenters. The second-order valence-corrected chi connectivity index (χ2v) is 28.4. The van der Waals surface area contributed by atoms with Crippen molar-refractivity contribution in [3.63, 3.8) is 0 Å². The molecule has 3 aromatic carbocycles. The zero-order valence-electron chi connectivity index (χ0n) is 20.7. The Labute approximate surface area is 200 Å². The van der Waals surface area contributed by atoms with Crippen molar-refractivity contribution in [3.8, 4) is 0 Å². The SMILES string of the molecule is CC1=C(C)[C]([Si](C)(C)C)([Sn]([c]2ccccc2)([c]2ccccc2)[c]2ccccc2)C(C)=C1C. The van der Waals surface area contributed by atoms with Crippen LogP contribution in [-0.4, -0.2) is 26.5 Å². The van der Waals surface area contributed by atoms with E-state index in [1.807, 2.05) is 0 Å². The van der Waals surface area contributed by atoms with Crippen LogP contribution in [0.25, 0.3) is 0 Å². The molecular formula is C30H36SiSn. The summed E-state index contributed by atoms with van der Waals surface area (Å²) in [6, 6.07) is 34.8. The third-order valence-corrected chi connectivity index (χ3v) is 35.7. The van der Waals surface area contributed by atoms with Crippen molar-refractivity contribution in [2.75, 3.05) is 0 Å².